The van der Waals surface area contributed by atoms with Crippen LogP contribution in [0.4, 0.5) is 0 Å². The van der Waals surface area contributed by atoms with Gasteiger partial charge in [0.15, 0.2) is 24.5 Å². The standard InChI is InChI=1S/C26H25ClN2O9S/c1-13(30)34-12-21-22(35-14(2)31)23(36-15(3)32)24(37-16(4)33)25(38-21)29-20(10-7-18(11-28)26(29)39)17-5-8-19(27)9-6-17/h5-10,21-25H,12H2,1-4H3/t21-,22+,23-,24-,25+/m0/s1. The van der Waals surface area contributed by atoms with Crippen LogP contribution < -0.4 is 0 Å². The van der Waals surface area contributed by atoms with E-state index >= 15 is 0 Å². The SMILES string of the molecule is CC(=O)OC[C@@H]1O[C@@H](n2c(-c3ccc(Cl)cc3)ccc(C#N)c2=S)[C@@H](OC(C)=O)[C@@H](OC(C)=O)[C@@H]1OC(C)=O. The maximum atomic E-state index is 12.2. The minimum absolute atomic E-state index is 0.0193. The normalized spacial score (nSPS) is 22.2. The molecule has 1 saturated heterocycles. The summed E-state index contributed by atoms with van der Waals surface area (Å²) in [6, 6.07) is 11.9. The van der Waals surface area contributed by atoms with Crippen LogP contribution in [-0.4, -0.2) is 59.5 Å². The molecule has 5 atom stereocenters. The van der Waals surface area contributed by atoms with E-state index in [9.17, 15) is 24.4 Å². The highest BCUT2D eigenvalue weighted by Gasteiger charge is 2.53. The van der Waals surface area contributed by atoms with Crippen molar-refractivity contribution >= 4 is 47.7 Å². The van der Waals surface area contributed by atoms with Crippen molar-refractivity contribution in [2.45, 2.75) is 58.3 Å². The number of hydrogen-bond acceptors (Lipinski definition) is 11. The van der Waals surface area contributed by atoms with Crippen LogP contribution in [-0.2, 0) is 42.9 Å². The van der Waals surface area contributed by atoms with Crippen molar-refractivity contribution in [1.82, 2.24) is 4.57 Å². The van der Waals surface area contributed by atoms with Gasteiger partial charge in [0.2, 0.25) is 0 Å². The van der Waals surface area contributed by atoms with Gasteiger partial charge in [0.25, 0.3) is 0 Å². The number of benzene rings is 1. The van der Waals surface area contributed by atoms with E-state index in [1.165, 1.54) is 17.6 Å². The third kappa shape index (κ3) is 7.20. The molecule has 0 unspecified atom stereocenters. The molecule has 2 heterocycles. The summed E-state index contributed by atoms with van der Waals surface area (Å²) in [5.74, 6) is -2.93. The summed E-state index contributed by atoms with van der Waals surface area (Å²) < 4.78 is 29.4. The number of pyridine rings is 1. The number of halogens is 1. The van der Waals surface area contributed by atoms with Gasteiger partial charge in [-0.15, -0.1) is 0 Å². The van der Waals surface area contributed by atoms with Gasteiger partial charge in [-0.3, -0.25) is 19.2 Å². The van der Waals surface area contributed by atoms with Crippen LogP contribution in [0.1, 0.15) is 39.5 Å². The van der Waals surface area contributed by atoms with Gasteiger partial charge >= 0.3 is 23.9 Å². The fraction of sp³-hybridized carbons (Fsp3) is 0.385. The summed E-state index contributed by atoms with van der Waals surface area (Å²) in [5.41, 5.74) is 1.16. The molecule has 1 aliphatic rings. The highest BCUT2D eigenvalue weighted by molar-refractivity contribution is 7.71. The molecule has 1 aliphatic heterocycles. The molecule has 2 aromatic rings. The first-order valence-corrected chi connectivity index (χ1v) is 12.4. The van der Waals surface area contributed by atoms with Crippen molar-refractivity contribution in [2.75, 3.05) is 6.61 Å². The maximum absolute atomic E-state index is 12.2. The Kier molecular flexibility index (Phi) is 9.80. The number of nitrogens with zero attached hydrogens (tertiary/aromatic N) is 2. The predicted octanol–water partition coefficient (Wildman–Crippen LogP) is 3.67. The lowest BCUT2D eigenvalue weighted by Crippen LogP contribution is -2.60. The van der Waals surface area contributed by atoms with Gasteiger partial charge in [-0.1, -0.05) is 36.0 Å². The first kappa shape index (κ1) is 29.8. The molecule has 13 heteroatoms. The fourth-order valence-corrected chi connectivity index (χ4v) is 4.60. The predicted molar refractivity (Wildman–Crippen MR) is 138 cm³/mol. The Bertz CT molecular complexity index is 1370. The zero-order valence-electron chi connectivity index (χ0n) is 21.4. The summed E-state index contributed by atoms with van der Waals surface area (Å²) in [6.07, 6.45) is -6.66. The number of ether oxygens (including phenoxy) is 5. The Morgan fingerprint density at radius 3 is 2.00 bits per heavy atom. The van der Waals surface area contributed by atoms with Crippen LogP contribution in [0.3, 0.4) is 0 Å². The van der Waals surface area contributed by atoms with Crippen LogP contribution in [0.5, 0.6) is 0 Å². The zero-order valence-corrected chi connectivity index (χ0v) is 23.0. The van der Waals surface area contributed by atoms with Crippen LogP contribution in [0.25, 0.3) is 11.3 Å². The van der Waals surface area contributed by atoms with Crippen molar-refractivity contribution in [2.24, 2.45) is 0 Å². The molecule has 206 valence electrons. The van der Waals surface area contributed by atoms with E-state index in [1.807, 2.05) is 6.07 Å². The van der Waals surface area contributed by atoms with E-state index in [-0.39, 0.29) is 10.2 Å². The van der Waals surface area contributed by atoms with E-state index in [2.05, 4.69) is 0 Å². The second-order valence-corrected chi connectivity index (χ2v) is 9.34. The van der Waals surface area contributed by atoms with E-state index in [4.69, 9.17) is 47.5 Å². The second kappa shape index (κ2) is 12.8. The van der Waals surface area contributed by atoms with Crippen LogP contribution in [0.15, 0.2) is 36.4 Å². The lowest BCUT2D eigenvalue weighted by molar-refractivity contribution is -0.268. The Balaban J connectivity index is 2.30. The molecule has 1 fully saturated rings. The summed E-state index contributed by atoms with van der Waals surface area (Å²) in [5, 5.41) is 10.2. The molecule has 0 saturated carbocycles. The molecular weight excluding hydrogens is 552 g/mol. The first-order valence-electron chi connectivity index (χ1n) is 11.6. The first-order chi connectivity index (χ1) is 18.4. The summed E-state index contributed by atoms with van der Waals surface area (Å²) in [7, 11) is 0. The second-order valence-electron chi connectivity index (χ2n) is 8.52. The van der Waals surface area contributed by atoms with Crippen molar-refractivity contribution in [3.63, 3.8) is 0 Å². The summed E-state index contributed by atoms with van der Waals surface area (Å²) >= 11 is 11.7. The molecule has 0 radical (unpaired) electrons. The van der Waals surface area contributed by atoms with Gasteiger partial charge in [0.05, 0.1) is 11.3 Å². The van der Waals surface area contributed by atoms with Crippen molar-refractivity contribution < 1.29 is 42.9 Å². The number of esters is 4. The van der Waals surface area contributed by atoms with Crippen LogP contribution >= 0.6 is 23.8 Å². The number of carbonyl (C=O) groups is 4. The number of rotatable bonds is 7. The van der Waals surface area contributed by atoms with Gasteiger partial charge < -0.3 is 28.3 Å². The summed E-state index contributed by atoms with van der Waals surface area (Å²) in [6.45, 7) is 4.17. The average Bonchev–Trinajstić information content (AvgIpc) is 2.85. The quantitative estimate of drug-likeness (QED) is 0.270. The third-order valence-corrected chi connectivity index (χ3v) is 6.27. The maximum Gasteiger partial charge on any atom is 0.303 e. The molecule has 39 heavy (non-hydrogen) atoms. The third-order valence-electron chi connectivity index (χ3n) is 5.60. The lowest BCUT2D eigenvalue weighted by atomic mass is 9.96. The van der Waals surface area contributed by atoms with Gasteiger partial charge in [0, 0.05) is 32.7 Å². The molecule has 0 N–H and O–H groups in total. The van der Waals surface area contributed by atoms with E-state index in [0.717, 1.165) is 20.8 Å². The molecule has 0 amide bonds. The largest absolute Gasteiger partial charge is 0.463 e. The topological polar surface area (TPSA) is 143 Å². The molecule has 11 nitrogen and oxygen atoms in total. The zero-order chi connectivity index (χ0) is 28.9. The van der Waals surface area contributed by atoms with Gasteiger partial charge in [0.1, 0.15) is 23.4 Å². The van der Waals surface area contributed by atoms with Gasteiger partial charge in [-0.25, -0.2) is 0 Å². The van der Waals surface area contributed by atoms with E-state index in [0.29, 0.717) is 16.3 Å². The van der Waals surface area contributed by atoms with Crippen molar-refractivity contribution in [1.29, 1.82) is 5.26 Å². The average molecular weight is 577 g/mol. The fourth-order valence-electron chi connectivity index (χ4n) is 4.16. The van der Waals surface area contributed by atoms with Crippen LogP contribution in [0, 0.1) is 16.0 Å². The van der Waals surface area contributed by atoms with Crippen LogP contribution in [0.2, 0.25) is 5.02 Å². The van der Waals surface area contributed by atoms with E-state index < -0.39 is 61.1 Å². The Labute approximate surface area is 234 Å². The lowest BCUT2D eigenvalue weighted by Gasteiger charge is -2.45. The Hall–Kier alpha value is -3.79. The van der Waals surface area contributed by atoms with Gasteiger partial charge in [-0.2, -0.15) is 5.26 Å². The molecule has 1 aromatic heterocycles. The van der Waals surface area contributed by atoms with Crippen molar-refractivity contribution in [3.8, 4) is 17.3 Å². The smallest absolute Gasteiger partial charge is 0.303 e. The molecule has 1 aromatic carbocycles. The van der Waals surface area contributed by atoms with Crippen molar-refractivity contribution in [3.05, 3.63) is 51.6 Å². The molecular formula is C26H25ClN2O9S. The highest BCUT2D eigenvalue weighted by atomic mass is 35.5. The minimum Gasteiger partial charge on any atom is -0.463 e. The van der Waals surface area contributed by atoms with Gasteiger partial charge in [-0.05, 0) is 29.8 Å². The molecule has 0 aliphatic carbocycles. The molecule has 0 spiro atoms. The monoisotopic (exact) mass is 576 g/mol. The number of nitriles is 1. The number of hydrogen-bond donors (Lipinski definition) is 0. The molecule has 3 rings (SSSR count). The number of carbonyl (C=O) groups excluding carboxylic acids is 4. The minimum atomic E-state index is -1.41. The highest BCUT2D eigenvalue weighted by Crippen LogP contribution is 2.38. The molecule has 0 bridgehead atoms. The summed E-state index contributed by atoms with van der Waals surface area (Å²) in [4.78, 5) is 48.1. The number of aromatic nitrogens is 1. The van der Waals surface area contributed by atoms with E-state index in [1.54, 1.807) is 30.3 Å². The Morgan fingerprint density at radius 1 is 0.897 bits per heavy atom. The Morgan fingerprint density at radius 2 is 1.46 bits per heavy atom.